The van der Waals surface area contributed by atoms with Crippen LogP contribution in [0.3, 0.4) is 0 Å². The Hall–Kier alpha value is -1.40. The first-order chi connectivity index (χ1) is 8.16. The highest BCUT2D eigenvalue weighted by atomic mass is 79.9. The highest BCUT2D eigenvalue weighted by molar-refractivity contribution is 9.10. The Balaban J connectivity index is 2.19. The quantitative estimate of drug-likeness (QED) is 0.685. The fourth-order valence-corrected chi connectivity index (χ4v) is 2.41. The normalized spacial score (nSPS) is 10.2. The van der Waals surface area contributed by atoms with Gasteiger partial charge in [0.1, 0.15) is 5.69 Å². The molecular weight excluding hydrogens is 304 g/mol. The molecule has 2 rings (SSSR count). The number of rotatable bonds is 4. The summed E-state index contributed by atoms with van der Waals surface area (Å²) in [4.78, 5) is 11.6. The number of nitrogens with zero attached hydrogens (tertiary/aromatic N) is 1. The summed E-state index contributed by atoms with van der Waals surface area (Å²) in [5, 5.41) is 15.9. The number of thiophene rings is 1. The summed E-state index contributed by atoms with van der Waals surface area (Å²) in [6.07, 6.45) is 0. The van der Waals surface area contributed by atoms with Crippen LogP contribution in [0.2, 0.25) is 0 Å². The fraction of sp³-hybridized carbons (Fsp3) is 0.0909. The van der Waals surface area contributed by atoms with Crippen LogP contribution in [-0.4, -0.2) is 4.92 Å². The van der Waals surface area contributed by atoms with Gasteiger partial charge in [-0.1, -0.05) is 22.0 Å². The first-order valence-corrected chi connectivity index (χ1v) is 6.54. The largest absolute Gasteiger partial charge is 0.375 e. The molecule has 1 N–H and O–H groups in total. The molecule has 0 amide bonds. The summed E-state index contributed by atoms with van der Waals surface area (Å²) in [5.74, 6) is 0. The lowest BCUT2D eigenvalue weighted by Crippen LogP contribution is -2.01. The topological polar surface area (TPSA) is 55.2 Å². The molecule has 1 heterocycles. The zero-order chi connectivity index (χ0) is 12.3. The molecule has 0 spiro atoms. The summed E-state index contributed by atoms with van der Waals surface area (Å²) >= 11 is 4.92. The Morgan fingerprint density at radius 1 is 1.41 bits per heavy atom. The van der Waals surface area contributed by atoms with Crippen LogP contribution >= 0.6 is 27.3 Å². The molecule has 0 unspecified atom stereocenters. The molecule has 0 aliphatic carbocycles. The average molecular weight is 313 g/mol. The van der Waals surface area contributed by atoms with Gasteiger partial charge in [0, 0.05) is 22.0 Å². The molecule has 0 aliphatic rings. The van der Waals surface area contributed by atoms with Crippen LogP contribution in [0.4, 0.5) is 11.4 Å². The van der Waals surface area contributed by atoms with E-state index < -0.39 is 0 Å². The SMILES string of the molecule is O=[N+]([O-])c1ccc(Br)cc1NCc1cccs1. The summed E-state index contributed by atoms with van der Waals surface area (Å²) in [7, 11) is 0. The lowest BCUT2D eigenvalue weighted by atomic mass is 10.2. The van der Waals surface area contributed by atoms with E-state index in [2.05, 4.69) is 21.2 Å². The van der Waals surface area contributed by atoms with Crippen LogP contribution in [0, 0.1) is 10.1 Å². The highest BCUT2D eigenvalue weighted by Gasteiger charge is 2.13. The van der Waals surface area contributed by atoms with E-state index in [1.54, 1.807) is 23.5 Å². The molecule has 0 aliphatic heterocycles. The van der Waals surface area contributed by atoms with Crippen LogP contribution in [0.15, 0.2) is 40.2 Å². The Morgan fingerprint density at radius 3 is 2.88 bits per heavy atom. The maximum absolute atomic E-state index is 10.8. The Labute approximate surface area is 111 Å². The van der Waals surface area contributed by atoms with E-state index in [4.69, 9.17) is 0 Å². The fourth-order valence-electron chi connectivity index (χ4n) is 1.40. The number of benzene rings is 1. The molecule has 88 valence electrons. The van der Waals surface area contributed by atoms with E-state index in [0.717, 1.165) is 9.35 Å². The van der Waals surface area contributed by atoms with Crippen molar-refractivity contribution in [1.29, 1.82) is 0 Å². The van der Waals surface area contributed by atoms with Crippen molar-refractivity contribution in [2.75, 3.05) is 5.32 Å². The maximum Gasteiger partial charge on any atom is 0.292 e. The Kier molecular flexibility index (Phi) is 3.75. The number of nitro benzene ring substituents is 1. The number of halogens is 1. The summed E-state index contributed by atoms with van der Waals surface area (Å²) in [6, 6.07) is 8.81. The molecule has 0 fully saturated rings. The van der Waals surface area contributed by atoms with Crippen molar-refractivity contribution < 1.29 is 4.92 Å². The van der Waals surface area contributed by atoms with Crippen molar-refractivity contribution in [2.24, 2.45) is 0 Å². The van der Waals surface area contributed by atoms with Crippen LogP contribution in [0.5, 0.6) is 0 Å². The lowest BCUT2D eigenvalue weighted by molar-refractivity contribution is -0.384. The van der Waals surface area contributed by atoms with Gasteiger partial charge in [0.25, 0.3) is 5.69 Å². The zero-order valence-corrected chi connectivity index (χ0v) is 11.1. The molecule has 0 atom stereocenters. The Bertz CT molecular complexity index is 528. The summed E-state index contributed by atoms with van der Waals surface area (Å²) < 4.78 is 0.816. The van der Waals surface area contributed by atoms with E-state index in [1.165, 1.54) is 6.07 Å². The van der Waals surface area contributed by atoms with Crippen LogP contribution in [0.1, 0.15) is 4.88 Å². The highest BCUT2D eigenvalue weighted by Crippen LogP contribution is 2.28. The van der Waals surface area contributed by atoms with Crippen molar-refractivity contribution in [3.05, 3.63) is 55.2 Å². The molecule has 0 radical (unpaired) electrons. The molecular formula is C11H9BrN2O2S. The van der Waals surface area contributed by atoms with Gasteiger partial charge in [0.05, 0.1) is 4.92 Å². The zero-order valence-electron chi connectivity index (χ0n) is 8.72. The van der Waals surface area contributed by atoms with E-state index in [9.17, 15) is 10.1 Å². The minimum absolute atomic E-state index is 0.0877. The van der Waals surface area contributed by atoms with Gasteiger partial charge >= 0.3 is 0 Å². The summed E-state index contributed by atoms with van der Waals surface area (Å²) in [5.41, 5.74) is 0.613. The van der Waals surface area contributed by atoms with E-state index in [-0.39, 0.29) is 10.6 Å². The number of hydrogen-bond acceptors (Lipinski definition) is 4. The smallest absolute Gasteiger partial charge is 0.292 e. The molecule has 0 bridgehead atoms. The molecule has 4 nitrogen and oxygen atoms in total. The van der Waals surface area contributed by atoms with Crippen LogP contribution < -0.4 is 5.32 Å². The van der Waals surface area contributed by atoms with Gasteiger partial charge in [-0.25, -0.2) is 0 Å². The van der Waals surface area contributed by atoms with Crippen molar-refractivity contribution in [3.63, 3.8) is 0 Å². The number of nitrogens with one attached hydrogen (secondary N) is 1. The molecule has 6 heteroatoms. The van der Waals surface area contributed by atoms with Gasteiger partial charge in [0.2, 0.25) is 0 Å². The number of anilines is 1. The predicted octanol–water partition coefficient (Wildman–Crippen LogP) is 4.03. The van der Waals surface area contributed by atoms with Crippen molar-refractivity contribution >= 4 is 38.6 Å². The van der Waals surface area contributed by atoms with Gasteiger partial charge in [-0.2, -0.15) is 0 Å². The molecule has 1 aromatic heterocycles. The van der Waals surface area contributed by atoms with Gasteiger partial charge in [-0.3, -0.25) is 10.1 Å². The summed E-state index contributed by atoms with van der Waals surface area (Å²) in [6.45, 7) is 0.592. The van der Waals surface area contributed by atoms with Gasteiger partial charge in [0.15, 0.2) is 0 Å². The first-order valence-electron chi connectivity index (χ1n) is 4.87. The van der Waals surface area contributed by atoms with Gasteiger partial charge in [-0.05, 0) is 23.6 Å². The third kappa shape index (κ3) is 3.04. The minimum atomic E-state index is -0.386. The number of nitro groups is 1. The second kappa shape index (κ2) is 5.29. The van der Waals surface area contributed by atoms with Gasteiger partial charge < -0.3 is 5.32 Å². The monoisotopic (exact) mass is 312 g/mol. The molecule has 2 aromatic rings. The van der Waals surface area contributed by atoms with E-state index >= 15 is 0 Å². The number of hydrogen-bond donors (Lipinski definition) is 1. The third-order valence-corrected chi connectivity index (χ3v) is 3.56. The molecule has 17 heavy (non-hydrogen) atoms. The van der Waals surface area contributed by atoms with Crippen LogP contribution in [0.25, 0.3) is 0 Å². The third-order valence-electron chi connectivity index (χ3n) is 2.19. The maximum atomic E-state index is 10.8. The van der Waals surface area contributed by atoms with E-state index in [1.807, 2.05) is 17.5 Å². The first kappa shape index (κ1) is 12.1. The Morgan fingerprint density at radius 2 is 2.24 bits per heavy atom. The second-order valence-electron chi connectivity index (χ2n) is 3.35. The molecule has 0 saturated heterocycles. The standard InChI is InChI=1S/C11H9BrN2O2S/c12-8-3-4-11(14(15)16)10(6-8)13-7-9-2-1-5-17-9/h1-6,13H,7H2. The van der Waals surface area contributed by atoms with Crippen LogP contribution in [-0.2, 0) is 6.54 Å². The molecule has 1 aromatic carbocycles. The second-order valence-corrected chi connectivity index (χ2v) is 5.30. The molecule has 0 saturated carbocycles. The van der Waals surface area contributed by atoms with Crippen molar-refractivity contribution in [2.45, 2.75) is 6.54 Å². The van der Waals surface area contributed by atoms with Crippen molar-refractivity contribution in [1.82, 2.24) is 0 Å². The van der Waals surface area contributed by atoms with E-state index in [0.29, 0.717) is 12.2 Å². The predicted molar refractivity (Wildman–Crippen MR) is 72.4 cm³/mol. The minimum Gasteiger partial charge on any atom is -0.375 e. The van der Waals surface area contributed by atoms with Gasteiger partial charge in [-0.15, -0.1) is 11.3 Å². The average Bonchev–Trinajstić information content (AvgIpc) is 2.78. The lowest BCUT2D eigenvalue weighted by Gasteiger charge is -2.06. The van der Waals surface area contributed by atoms with Crippen molar-refractivity contribution in [3.8, 4) is 0 Å².